The topological polar surface area (TPSA) is 149 Å². The highest BCUT2D eigenvalue weighted by Crippen LogP contribution is 2.27. The Morgan fingerprint density at radius 3 is 2.92 bits per heavy atom. The van der Waals surface area contributed by atoms with Crippen molar-refractivity contribution < 1.29 is 24.2 Å². The molecular weight excluding hydrogens is 468 g/mol. The van der Waals surface area contributed by atoms with E-state index in [-0.39, 0.29) is 55.8 Å². The number of ketones is 1. The fourth-order valence-corrected chi connectivity index (χ4v) is 4.38. The van der Waals surface area contributed by atoms with Crippen LogP contribution < -0.4 is 25.2 Å². The third-order valence-electron chi connectivity index (χ3n) is 6.27. The number of nitrogens with zero attached hydrogens (tertiary/aromatic N) is 5. The van der Waals surface area contributed by atoms with E-state index in [2.05, 4.69) is 20.3 Å². The van der Waals surface area contributed by atoms with Gasteiger partial charge in [-0.3, -0.25) is 23.9 Å². The minimum Gasteiger partial charge on any atom is -0.484 e. The number of aryl methyl sites for hydroxylation is 1. The first-order valence-corrected chi connectivity index (χ1v) is 11.7. The van der Waals surface area contributed by atoms with Crippen LogP contribution in [0.1, 0.15) is 18.5 Å². The molecule has 0 saturated carbocycles. The number of rotatable bonds is 8. The van der Waals surface area contributed by atoms with Crippen molar-refractivity contribution in [3.8, 4) is 11.6 Å². The molecule has 1 saturated heterocycles. The van der Waals surface area contributed by atoms with Gasteiger partial charge in [0.25, 0.3) is 5.56 Å². The van der Waals surface area contributed by atoms with Gasteiger partial charge < -0.3 is 19.9 Å². The maximum Gasteiger partial charge on any atom is 0.270 e. The molecular formula is C24H26N6O6. The van der Waals surface area contributed by atoms with E-state index >= 15 is 0 Å². The molecule has 3 aromatic heterocycles. The van der Waals surface area contributed by atoms with Gasteiger partial charge in [-0.1, -0.05) is 0 Å². The summed E-state index contributed by atoms with van der Waals surface area (Å²) in [6.07, 6.45) is 1.24. The van der Waals surface area contributed by atoms with Gasteiger partial charge in [0, 0.05) is 38.2 Å². The molecule has 0 aromatic carbocycles. The monoisotopic (exact) mass is 494 g/mol. The molecule has 188 valence electrons. The number of aliphatic hydroxyl groups excluding tert-OH is 1. The molecule has 12 heteroatoms. The van der Waals surface area contributed by atoms with Gasteiger partial charge in [-0.15, -0.1) is 0 Å². The summed E-state index contributed by atoms with van der Waals surface area (Å²) in [7, 11) is 1.49. The second-order valence-electron chi connectivity index (χ2n) is 8.82. The number of hydrogen-bond acceptors (Lipinski definition) is 10. The summed E-state index contributed by atoms with van der Waals surface area (Å²) in [6, 6.07) is 6.67. The Kier molecular flexibility index (Phi) is 6.61. The number of fused-ring (bicyclic) bond motifs is 2. The number of ether oxygens (including phenoxy) is 2. The summed E-state index contributed by atoms with van der Waals surface area (Å²) in [5, 5.41) is 13.8. The first-order valence-electron chi connectivity index (χ1n) is 11.7. The number of aromatic nitrogens is 4. The predicted octanol–water partition coefficient (Wildman–Crippen LogP) is -0.155. The van der Waals surface area contributed by atoms with E-state index in [9.17, 15) is 19.5 Å². The van der Waals surface area contributed by atoms with Crippen molar-refractivity contribution in [2.45, 2.75) is 38.0 Å². The molecule has 12 nitrogen and oxygen atoms in total. The highest BCUT2D eigenvalue weighted by molar-refractivity contribution is 5.95. The normalized spacial score (nSPS) is 18.3. The van der Waals surface area contributed by atoms with Gasteiger partial charge in [0.05, 0.1) is 31.5 Å². The Balaban J connectivity index is 1.18. The Morgan fingerprint density at radius 2 is 2.08 bits per heavy atom. The molecule has 1 fully saturated rings. The van der Waals surface area contributed by atoms with Crippen LogP contribution in [0.5, 0.6) is 11.6 Å². The molecule has 3 aromatic rings. The van der Waals surface area contributed by atoms with Gasteiger partial charge in [0.1, 0.15) is 23.7 Å². The van der Waals surface area contributed by atoms with E-state index in [0.717, 1.165) is 0 Å². The number of Topliss-reactive ketones (excluding diaryl/α,β-unsaturated/α-hetero) is 1. The fraction of sp³-hybridized carbons (Fsp3) is 0.417. The Morgan fingerprint density at radius 1 is 1.22 bits per heavy atom. The highest BCUT2D eigenvalue weighted by atomic mass is 16.5. The molecule has 2 N–H and O–H groups in total. The molecule has 2 aliphatic heterocycles. The van der Waals surface area contributed by atoms with E-state index < -0.39 is 6.10 Å². The molecule has 36 heavy (non-hydrogen) atoms. The summed E-state index contributed by atoms with van der Waals surface area (Å²) in [4.78, 5) is 51.1. The number of hydrogen-bond donors (Lipinski definition) is 2. The average Bonchev–Trinajstić information content (AvgIpc) is 3.26. The van der Waals surface area contributed by atoms with Crippen molar-refractivity contribution >= 4 is 28.7 Å². The van der Waals surface area contributed by atoms with E-state index in [1.54, 1.807) is 29.2 Å². The maximum absolute atomic E-state index is 12.6. The van der Waals surface area contributed by atoms with Gasteiger partial charge in [-0.25, -0.2) is 9.97 Å². The van der Waals surface area contributed by atoms with Crippen molar-refractivity contribution in [1.82, 2.24) is 24.8 Å². The van der Waals surface area contributed by atoms with E-state index in [1.165, 1.54) is 17.9 Å². The molecule has 0 radical (unpaired) electrons. The van der Waals surface area contributed by atoms with E-state index in [4.69, 9.17) is 9.47 Å². The minimum absolute atomic E-state index is 0.0434. The maximum atomic E-state index is 12.6. The molecule has 0 spiro atoms. The quantitative estimate of drug-likeness (QED) is 0.433. The molecule has 0 unspecified atom stereocenters. The second kappa shape index (κ2) is 9.99. The first kappa shape index (κ1) is 23.8. The van der Waals surface area contributed by atoms with Gasteiger partial charge in [0.2, 0.25) is 11.8 Å². The van der Waals surface area contributed by atoms with Crippen LogP contribution in [-0.4, -0.2) is 75.3 Å². The van der Waals surface area contributed by atoms with Crippen molar-refractivity contribution in [3.05, 3.63) is 46.5 Å². The van der Waals surface area contributed by atoms with Crippen molar-refractivity contribution in [2.75, 3.05) is 31.7 Å². The van der Waals surface area contributed by atoms with Crippen LogP contribution in [0.3, 0.4) is 0 Å². The Labute approximate surface area is 205 Å². The van der Waals surface area contributed by atoms with Crippen LogP contribution in [0.2, 0.25) is 0 Å². The lowest BCUT2D eigenvalue weighted by atomic mass is 10.1. The lowest BCUT2D eigenvalue weighted by molar-refractivity contribution is -0.121. The van der Waals surface area contributed by atoms with Gasteiger partial charge in [-0.05, 0) is 24.6 Å². The average molecular weight is 495 g/mol. The van der Waals surface area contributed by atoms with Gasteiger partial charge in [0.15, 0.2) is 11.4 Å². The lowest BCUT2D eigenvalue weighted by Crippen LogP contribution is -2.38. The smallest absolute Gasteiger partial charge is 0.270 e. The third kappa shape index (κ3) is 4.90. The van der Waals surface area contributed by atoms with Crippen LogP contribution in [0.4, 0.5) is 5.82 Å². The molecule has 0 bridgehead atoms. The van der Waals surface area contributed by atoms with Crippen molar-refractivity contribution in [2.24, 2.45) is 0 Å². The van der Waals surface area contributed by atoms with Gasteiger partial charge in [-0.2, -0.15) is 4.98 Å². The van der Waals surface area contributed by atoms with Crippen LogP contribution in [0.25, 0.3) is 11.2 Å². The standard InChI is InChI=1S/C24H26N6O6/c1-35-21-5-2-17-24(28-21)29(23(34)11-26-17)7-6-15(31)10-25-14-8-22(33)30(12-14)20-4-3-19-18(27-20)9-16(32)13-36-19/h2-5,11,14-15,25,31H,6-10,12-13H2,1H3/t14-,15-/m0/s1. The molecule has 5 rings (SSSR count). The van der Waals surface area contributed by atoms with Crippen LogP contribution >= 0.6 is 0 Å². The van der Waals surface area contributed by atoms with Crippen LogP contribution in [0.15, 0.2) is 35.3 Å². The van der Waals surface area contributed by atoms with Gasteiger partial charge >= 0.3 is 0 Å². The van der Waals surface area contributed by atoms with E-state index in [0.29, 0.717) is 47.3 Å². The van der Waals surface area contributed by atoms with Crippen molar-refractivity contribution in [1.29, 1.82) is 0 Å². The Bertz CT molecular complexity index is 1370. The number of carbonyl (C=O) groups excluding carboxylic acids is 2. The SMILES string of the molecule is COc1ccc2ncc(=O)n(CC[C@H](O)CN[C@H]3CC(=O)N(c4ccc5c(n4)CC(=O)CO5)C3)c2n1. The fourth-order valence-electron chi connectivity index (χ4n) is 4.38. The second-order valence-corrected chi connectivity index (χ2v) is 8.82. The minimum atomic E-state index is -0.750. The number of aliphatic hydroxyl groups is 1. The first-order chi connectivity index (χ1) is 17.4. The number of methoxy groups -OCH3 is 1. The zero-order valence-corrected chi connectivity index (χ0v) is 19.7. The summed E-state index contributed by atoms with van der Waals surface area (Å²) >= 11 is 0. The largest absolute Gasteiger partial charge is 0.484 e. The summed E-state index contributed by atoms with van der Waals surface area (Å²) in [6.45, 7) is 0.933. The zero-order valence-electron chi connectivity index (χ0n) is 19.7. The summed E-state index contributed by atoms with van der Waals surface area (Å²) in [5.74, 6) is 1.28. The number of pyridine rings is 2. The highest BCUT2D eigenvalue weighted by Gasteiger charge is 2.32. The third-order valence-corrected chi connectivity index (χ3v) is 6.27. The van der Waals surface area contributed by atoms with Crippen LogP contribution in [-0.2, 0) is 22.6 Å². The molecule has 2 aliphatic rings. The summed E-state index contributed by atoms with van der Waals surface area (Å²) in [5.41, 5.74) is 1.17. The molecule has 1 amide bonds. The number of carbonyl (C=O) groups is 2. The summed E-state index contributed by atoms with van der Waals surface area (Å²) < 4.78 is 12.0. The molecule has 0 aliphatic carbocycles. The number of anilines is 1. The lowest BCUT2D eigenvalue weighted by Gasteiger charge is -2.21. The Hall–Kier alpha value is -3.90. The predicted molar refractivity (Wildman–Crippen MR) is 128 cm³/mol. The zero-order chi connectivity index (χ0) is 25.2. The number of amides is 1. The molecule has 5 heterocycles. The number of nitrogens with one attached hydrogen (secondary N) is 1. The van der Waals surface area contributed by atoms with E-state index in [1.807, 2.05) is 0 Å². The molecule has 2 atom stereocenters. The van der Waals surface area contributed by atoms with Crippen LogP contribution in [0, 0.1) is 0 Å². The van der Waals surface area contributed by atoms with Crippen molar-refractivity contribution in [3.63, 3.8) is 0 Å².